The summed E-state index contributed by atoms with van der Waals surface area (Å²) in [5, 5.41) is 3.14. The van der Waals surface area contributed by atoms with Gasteiger partial charge in [-0.2, -0.15) is 8.78 Å². The van der Waals surface area contributed by atoms with E-state index in [4.69, 9.17) is 4.74 Å². The number of benzene rings is 3. The first-order valence-corrected chi connectivity index (χ1v) is 11.9. The zero-order valence-corrected chi connectivity index (χ0v) is 18.1. The number of para-hydroxylation sites is 1. The van der Waals surface area contributed by atoms with Gasteiger partial charge >= 0.3 is 6.61 Å². The van der Waals surface area contributed by atoms with E-state index in [1.165, 1.54) is 24.3 Å². The molecule has 1 aliphatic rings. The molecule has 0 aliphatic carbocycles. The Morgan fingerprint density at radius 3 is 2.55 bits per heavy atom. The van der Waals surface area contributed by atoms with Crippen LogP contribution in [0, 0.1) is 5.82 Å². The molecule has 0 amide bonds. The summed E-state index contributed by atoms with van der Waals surface area (Å²) >= 11 is 0. The number of imidazole rings is 1. The van der Waals surface area contributed by atoms with Gasteiger partial charge < -0.3 is 14.6 Å². The second-order valence-electron chi connectivity index (χ2n) is 7.74. The molecule has 1 aromatic heterocycles. The molecule has 0 fully saturated rings. The average Bonchev–Trinajstić information content (AvgIpc) is 3.31. The van der Waals surface area contributed by atoms with E-state index in [1.807, 2.05) is 4.57 Å². The summed E-state index contributed by atoms with van der Waals surface area (Å²) in [6, 6.07) is 15.0. The van der Waals surface area contributed by atoms with Crippen molar-refractivity contribution >= 4 is 26.8 Å². The van der Waals surface area contributed by atoms with Crippen molar-refractivity contribution in [2.75, 3.05) is 18.1 Å². The van der Waals surface area contributed by atoms with Gasteiger partial charge in [0.15, 0.2) is 9.84 Å². The number of alkyl halides is 2. The Morgan fingerprint density at radius 1 is 1.12 bits per heavy atom. The minimum absolute atomic E-state index is 0.0627. The number of hydrogen-bond acceptors (Lipinski definition) is 5. The molecule has 0 bridgehead atoms. The van der Waals surface area contributed by atoms with Crippen LogP contribution in [-0.4, -0.2) is 37.4 Å². The highest BCUT2D eigenvalue weighted by atomic mass is 32.2. The van der Waals surface area contributed by atoms with Crippen LogP contribution in [-0.2, 0) is 9.84 Å². The fourth-order valence-electron chi connectivity index (χ4n) is 4.15. The zero-order valence-electron chi connectivity index (χ0n) is 17.3. The fourth-order valence-corrected chi connectivity index (χ4v) is 4.78. The van der Waals surface area contributed by atoms with Gasteiger partial charge in [0.1, 0.15) is 11.6 Å². The molecule has 0 saturated carbocycles. The molecule has 170 valence electrons. The minimum Gasteiger partial charge on any atom is -0.434 e. The van der Waals surface area contributed by atoms with Crippen LogP contribution < -0.4 is 10.1 Å². The molecule has 2 heterocycles. The van der Waals surface area contributed by atoms with E-state index in [0.29, 0.717) is 34.7 Å². The highest BCUT2D eigenvalue weighted by Crippen LogP contribution is 2.39. The SMILES string of the molecule is CS(=O)(=O)c1ccc(-c2cc3c(cc2F)nc2n3[C@@H](c3ccccc3OC(F)F)CN2)cc1. The normalized spacial score (nSPS) is 15.6. The Morgan fingerprint density at radius 2 is 1.85 bits per heavy atom. The third-order valence-electron chi connectivity index (χ3n) is 5.63. The summed E-state index contributed by atoms with van der Waals surface area (Å²) in [6.45, 7) is -2.56. The topological polar surface area (TPSA) is 73.2 Å². The molecule has 6 nitrogen and oxygen atoms in total. The van der Waals surface area contributed by atoms with Crippen molar-refractivity contribution in [2.24, 2.45) is 0 Å². The number of sulfone groups is 1. The standard InChI is InChI=1S/C23H18F3N3O3S/c1-33(30,31)14-8-6-13(7-9-14)16-10-19-18(11-17(16)24)28-23-27-12-20(29(19)23)15-4-2-3-5-21(15)32-22(25)26/h2-11,20,22H,12H2,1H3,(H,27,28)/t20-/m1/s1. The van der Waals surface area contributed by atoms with E-state index in [2.05, 4.69) is 10.3 Å². The van der Waals surface area contributed by atoms with Crippen LogP contribution in [0.15, 0.2) is 65.6 Å². The molecule has 1 N–H and O–H groups in total. The van der Waals surface area contributed by atoms with Crippen molar-refractivity contribution < 1.29 is 26.3 Å². The lowest BCUT2D eigenvalue weighted by atomic mass is 10.0. The second kappa shape index (κ2) is 7.80. The monoisotopic (exact) mass is 473 g/mol. The van der Waals surface area contributed by atoms with E-state index in [0.717, 1.165) is 6.26 Å². The molecule has 0 radical (unpaired) electrons. The zero-order chi connectivity index (χ0) is 23.3. The summed E-state index contributed by atoms with van der Waals surface area (Å²) in [4.78, 5) is 4.58. The van der Waals surface area contributed by atoms with Crippen molar-refractivity contribution in [1.82, 2.24) is 9.55 Å². The molecule has 10 heteroatoms. The summed E-state index contributed by atoms with van der Waals surface area (Å²) < 4.78 is 70.8. The van der Waals surface area contributed by atoms with Crippen molar-refractivity contribution in [2.45, 2.75) is 17.5 Å². The Balaban J connectivity index is 1.62. The van der Waals surface area contributed by atoms with Crippen LogP contribution in [0.4, 0.5) is 19.1 Å². The van der Waals surface area contributed by atoms with Crippen LogP contribution in [0.1, 0.15) is 11.6 Å². The van der Waals surface area contributed by atoms with Gasteiger partial charge in [-0.1, -0.05) is 30.3 Å². The molecule has 1 atom stereocenters. The number of anilines is 1. The number of rotatable bonds is 5. The van der Waals surface area contributed by atoms with Gasteiger partial charge in [-0.3, -0.25) is 0 Å². The Kier molecular flexibility index (Phi) is 5.04. The van der Waals surface area contributed by atoms with Crippen molar-refractivity contribution in [3.63, 3.8) is 0 Å². The van der Waals surface area contributed by atoms with Crippen molar-refractivity contribution in [1.29, 1.82) is 0 Å². The Hall–Kier alpha value is -3.53. The van der Waals surface area contributed by atoms with Crippen LogP contribution in [0.25, 0.3) is 22.2 Å². The minimum atomic E-state index is -3.38. The number of nitrogens with zero attached hydrogens (tertiary/aromatic N) is 2. The molecule has 0 unspecified atom stereocenters. The third-order valence-corrected chi connectivity index (χ3v) is 6.76. The summed E-state index contributed by atoms with van der Waals surface area (Å²) in [5.74, 6) is 0.0443. The fraction of sp³-hybridized carbons (Fsp3) is 0.174. The molecular formula is C23H18F3N3O3S. The molecule has 4 aromatic rings. The first kappa shape index (κ1) is 21.3. The molecule has 5 rings (SSSR count). The maximum atomic E-state index is 14.9. The summed E-state index contributed by atoms with van der Waals surface area (Å²) in [5.41, 5.74) is 2.33. The summed E-state index contributed by atoms with van der Waals surface area (Å²) in [7, 11) is -3.38. The van der Waals surface area contributed by atoms with E-state index in [-0.39, 0.29) is 16.2 Å². The summed E-state index contributed by atoms with van der Waals surface area (Å²) in [6.07, 6.45) is 1.10. The highest BCUT2D eigenvalue weighted by Gasteiger charge is 2.30. The Bertz CT molecular complexity index is 1470. The first-order chi connectivity index (χ1) is 15.7. The van der Waals surface area contributed by atoms with Gasteiger partial charge in [0.2, 0.25) is 5.95 Å². The number of halogens is 3. The lowest BCUT2D eigenvalue weighted by Crippen LogP contribution is -2.13. The van der Waals surface area contributed by atoms with Crippen LogP contribution >= 0.6 is 0 Å². The van der Waals surface area contributed by atoms with Gasteiger partial charge in [-0.25, -0.2) is 17.8 Å². The van der Waals surface area contributed by atoms with Crippen LogP contribution in [0.3, 0.4) is 0 Å². The van der Waals surface area contributed by atoms with E-state index in [1.54, 1.807) is 36.4 Å². The first-order valence-electron chi connectivity index (χ1n) is 10.0. The smallest absolute Gasteiger partial charge is 0.387 e. The van der Waals surface area contributed by atoms with Gasteiger partial charge in [-0.05, 0) is 29.8 Å². The quantitative estimate of drug-likeness (QED) is 0.448. The molecule has 33 heavy (non-hydrogen) atoms. The molecule has 0 spiro atoms. The number of ether oxygens (including phenoxy) is 1. The average molecular weight is 473 g/mol. The highest BCUT2D eigenvalue weighted by molar-refractivity contribution is 7.90. The van der Waals surface area contributed by atoms with Gasteiger partial charge in [-0.15, -0.1) is 0 Å². The van der Waals surface area contributed by atoms with Crippen LogP contribution in [0.2, 0.25) is 0 Å². The maximum Gasteiger partial charge on any atom is 0.387 e. The van der Waals surface area contributed by atoms with Crippen molar-refractivity contribution in [3.05, 3.63) is 72.0 Å². The lowest BCUT2D eigenvalue weighted by Gasteiger charge is -2.18. The Labute approximate surface area is 187 Å². The van der Waals surface area contributed by atoms with Gasteiger partial charge in [0, 0.05) is 30.0 Å². The van der Waals surface area contributed by atoms with Gasteiger partial charge in [0.05, 0.1) is 22.0 Å². The van der Waals surface area contributed by atoms with E-state index < -0.39 is 28.3 Å². The van der Waals surface area contributed by atoms with Gasteiger partial charge in [0.25, 0.3) is 0 Å². The molecule has 1 aliphatic heterocycles. The van der Waals surface area contributed by atoms with E-state index in [9.17, 15) is 21.6 Å². The number of fused-ring (bicyclic) bond motifs is 3. The maximum absolute atomic E-state index is 14.9. The van der Waals surface area contributed by atoms with Crippen LogP contribution in [0.5, 0.6) is 5.75 Å². The number of hydrogen-bond donors (Lipinski definition) is 1. The molecule has 3 aromatic carbocycles. The number of nitrogens with one attached hydrogen (secondary N) is 1. The van der Waals surface area contributed by atoms with Crippen molar-refractivity contribution in [3.8, 4) is 16.9 Å². The predicted octanol–water partition coefficient (Wildman–Crippen LogP) is 4.86. The second-order valence-corrected chi connectivity index (χ2v) is 9.75. The molecular weight excluding hydrogens is 455 g/mol. The largest absolute Gasteiger partial charge is 0.434 e. The number of aromatic nitrogens is 2. The third kappa shape index (κ3) is 3.80. The lowest BCUT2D eigenvalue weighted by molar-refractivity contribution is -0.0506. The van der Waals surface area contributed by atoms with E-state index >= 15 is 0 Å². The predicted molar refractivity (Wildman–Crippen MR) is 118 cm³/mol. The molecule has 0 saturated heterocycles.